The van der Waals surface area contributed by atoms with Crippen LogP contribution in [-0.2, 0) is 4.79 Å². The summed E-state index contributed by atoms with van der Waals surface area (Å²) >= 11 is 0. The number of ketones is 2. The van der Waals surface area contributed by atoms with E-state index in [1.807, 2.05) is 0 Å². The van der Waals surface area contributed by atoms with Crippen LogP contribution in [0.2, 0.25) is 0 Å². The number of alkyl halides is 4. The fraction of sp³-hybridized carbons (Fsp3) is 0.273. The Kier molecular flexibility index (Phi) is 4.15. The van der Waals surface area contributed by atoms with Crippen LogP contribution in [0.5, 0.6) is 0 Å². The Labute approximate surface area is 98.4 Å². The van der Waals surface area contributed by atoms with Gasteiger partial charge in [0, 0.05) is 5.56 Å². The molecule has 0 aromatic heterocycles. The van der Waals surface area contributed by atoms with Crippen LogP contribution < -0.4 is 0 Å². The maximum Gasteiger partial charge on any atom is 0.364 e. The largest absolute Gasteiger partial charge is 0.364 e. The molecule has 0 aliphatic rings. The van der Waals surface area contributed by atoms with Gasteiger partial charge in [0.05, 0.1) is 6.42 Å². The van der Waals surface area contributed by atoms with E-state index in [2.05, 4.69) is 0 Å². The summed E-state index contributed by atoms with van der Waals surface area (Å²) in [5.41, 5.74) is -0.199. The molecule has 0 amide bonds. The zero-order chi connectivity index (χ0) is 13.9. The summed E-state index contributed by atoms with van der Waals surface area (Å²) in [4.78, 5) is 22.1. The van der Waals surface area contributed by atoms with Gasteiger partial charge >= 0.3 is 12.3 Å². The van der Waals surface area contributed by atoms with Crippen molar-refractivity contribution < 1.29 is 31.5 Å². The standard InChI is InChI=1S/C11H7F5O2/c12-7-3-1-6(2-4-7)8(17)5-9(18)11(15,16)10(13)14/h1-4,10H,5H2. The van der Waals surface area contributed by atoms with Gasteiger partial charge in [-0.15, -0.1) is 0 Å². The van der Waals surface area contributed by atoms with Crippen LogP contribution in [0.3, 0.4) is 0 Å². The highest BCUT2D eigenvalue weighted by molar-refractivity contribution is 6.09. The van der Waals surface area contributed by atoms with Crippen LogP contribution >= 0.6 is 0 Å². The average molecular weight is 266 g/mol. The van der Waals surface area contributed by atoms with Gasteiger partial charge in [0.15, 0.2) is 5.78 Å². The monoisotopic (exact) mass is 266 g/mol. The van der Waals surface area contributed by atoms with Gasteiger partial charge in [0.2, 0.25) is 5.78 Å². The smallest absolute Gasteiger partial charge is 0.294 e. The molecule has 0 spiro atoms. The Morgan fingerprint density at radius 1 is 1.11 bits per heavy atom. The Morgan fingerprint density at radius 3 is 2.06 bits per heavy atom. The molecule has 0 aliphatic heterocycles. The molecular weight excluding hydrogens is 259 g/mol. The number of carbonyl (C=O) groups is 2. The molecule has 0 saturated heterocycles. The van der Waals surface area contributed by atoms with Crippen molar-refractivity contribution in [1.82, 2.24) is 0 Å². The molecule has 0 radical (unpaired) electrons. The molecule has 18 heavy (non-hydrogen) atoms. The fourth-order valence-electron chi connectivity index (χ4n) is 1.12. The van der Waals surface area contributed by atoms with Crippen LogP contribution in [-0.4, -0.2) is 23.9 Å². The highest BCUT2D eigenvalue weighted by Gasteiger charge is 2.48. The topological polar surface area (TPSA) is 34.1 Å². The fourth-order valence-corrected chi connectivity index (χ4v) is 1.12. The first-order valence-corrected chi connectivity index (χ1v) is 4.73. The Bertz CT molecular complexity index is 453. The minimum absolute atomic E-state index is 0.199. The minimum Gasteiger partial charge on any atom is -0.294 e. The zero-order valence-electron chi connectivity index (χ0n) is 8.80. The minimum atomic E-state index is -4.85. The van der Waals surface area contributed by atoms with Gasteiger partial charge in [0.25, 0.3) is 0 Å². The second-order valence-corrected chi connectivity index (χ2v) is 3.45. The number of rotatable bonds is 5. The third-order valence-corrected chi connectivity index (χ3v) is 2.13. The number of benzene rings is 1. The molecule has 98 valence electrons. The maximum atomic E-state index is 12.6. The molecule has 0 saturated carbocycles. The van der Waals surface area contributed by atoms with Crippen molar-refractivity contribution in [3.8, 4) is 0 Å². The highest BCUT2D eigenvalue weighted by Crippen LogP contribution is 2.25. The third-order valence-electron chi connectivity index (χ3n) is 2.13. The van der Waals surface area contributed by atoms with Gasteiger partial charge in [-0.1, -0.05) is 0 Å². The van der Waals surface area contributed by atoms with Crippen molar-refractivity contribution in [2.75, 3.05) is 0 Å². The second-order valence-electron chi connectivity index (χ2n) is 3.45. The lowest BCUT2D eigenvalue weighted by Crippen LogP contribution is -2.37. The second kappa shape index (κ2) is 5.24. The number of carbonyl (C=O) groups excluding carboxylic acids is 2. The molecule has 1 rings (SSSR count). The summed E-state index contributed by atoms with van der Waals surface area (Å²) in [5, 5.41) is 0. The predicted octanol–water partition coefficient (Wildman–Crippen LogP) is 2.87. The van der Waals surface area contributed by atoms with E-state index in [1.54, 1.807) is 0 Å². The molecule has 0 bridgehead atoms. The van der Waals surface area contributed by atoms with Gasteiger partial charge in [-0.05, 0) is 24.3 Å². The van der Waals surface area contributed by atoms with Crippen LogP contribution in [0.15, 0.2) is 24.3 Å². The lowest BCUT2D eigenvalue weighted by Gasteiger charge is -2.12. The van der Waals surface area contributed by atoms with Crippen LogP contribution in [0.4, 0.5) is 22.0 Å². The van der Waals surface area contributed by atoms with E-state index in [0.717, 1.165) is 24.3 Å². The molecule has 0 fully saturated rings. The molecular formula is C11H7F5O2. The van der Waals surface area contributed by atoms with Crippen molar-refractivity contribution in [3.63, 3.8) is 0 Å². The quantitative estimate of drug-likeness (QED) is 0.466. The van der Waals surface area contributed by atoms with Crippen molar-refractivity contribution in [2.45, 2.75) is 18.8 Å². The number of halogens is 5. The van der Waals surface area contributed by atoms with Gasteiger partial charge in [-0.3, -0.25) is 9.59 Å². The average Bonchev–Trinajstić information content (AvgIpc) is 2.29. The predicted molar refractivity (Wildman–Crippen MR) is 51.3 cm³/mol. The summed E-state index contributed by atoms with van der Waals surface area (Å²) in [6.45, 7) is 0. The first-order valence-electron chi connectivity index (χ1n) is 4.73. The van der Waals surface area contributed by atoms with Crippen molar-refractivity contribution in [3.05, 3.63) is 35.6 Å². The van der Waals surface area contributed by atoms with E-state index in [4.69, 9.17) is 0 Å². The number of Topliss-reactive ketones (excluding diaryl/α,β-unsaturated/α-hetero) is 2. The lowest BCUT2D eigenvalue weighted by atomic mass is 10.0. The van der Waals surface area contributed by atoms with E-state index in [9.17, 15) is 31.5 Å². The molecule has 1 aromatic rings. The molecule has 7 heteroatoms. The molecule has 0 unspecified atom stereocenters. The van der Waals surface area contributed by atoms with Crippen molar-refractivity contribution in [2.24, 2.45) is 0 Å². The third kappa shape index (κ3) is 3.12. The Morgan fingerprint density at radius 2 is 1.61 bits per heavy atom. The molecule has 0 aliphatic carbocycles. The summed E-state index contributed by atoms with van der Waals surface area (Å²) < 4.78 is 61.3. The maximum absolute atomic E-state index is 12.6. The molecule has 2 nitrogen and oxygen atoms in total. The van der Waals surface area contributed by atoms with Crippen LogP contribution in [0, 0.1) is 5.82 Å². The SMILES string of the molecule is O=C(CC(=O)C(F)(F)C(F)F)c1ccc(F)cc1. The van der Waals surface area contributed by atoms with E-state index in [0.29, 0.717) is 0 Å². The van der Waals surface area contributed by atoms with Crippen molar-refractivity contribution in [1.29, 1.82) is 0 Å². The van der Waals surface area contributed by atoms with Crippen LogP contribution in [0.25, 0.3) is 0 Å². The van der Waals surface area contributed by atoms with Gasteiger partial charge in [0.1, 0.15) is 5.82 Å². The summed E-state index contributed by atoms with van der Waals surface area (Å²) in [6, 6.07) is 3.74. The number of hydrogen-bond donors (Lipinski definition) is 0. The van der Waals surface area contributed by atoms with Gasteiger partial charge in [-0.2, -0.15) is 8.78 Å². The molecule has 0 atom stereocenters. The molecule has 1 aromatic carbocycles. The molecule has 0 heterocycles. The summed E-state index contributed by atoms with van der Waals surface area (Å²) in [7, 11) is 0. The summed E-state index contributed by atoms with van der Waals surface area (Å²) in [6.07, 6.45) is -5.52. The first-order chi connectivity index (χ1) is 8.25. The lowest BCUT2D eigenvalue weighted by molar-refractivity contribution is -0.166. The van der Waals surface area contributed by atoms with E-state index in [-0.39, 0.29) is 5.56 Å². The highest BCUT2D eigenvalue weighted by atomic mass is 19.3. The first kappa shape index (κ1) is 14.3. The molecule has 0 N–H and O–H groups in total. The number of hydrogen-bond acceptors (Lipinski definition) is 2. The van der Waals surface area contributed by atoms with Crippen LogP contribution in [0.1, 0.15) is 16.8 Å². The Balaban J connectivity index is 2.77. The van der Waals surface area contributed by atoms with E-state index >= 15 is 0 Å². The Hall–Kier alpha value is -1.79. The summed E-state index contributed by atoms with van der Waals surface area (Å²) in [5.74, 6) is -8.74. The van der Waals surface area contributed by atoms with Gasteiger partial charge in [-0.25, -0.2) is 13.2 Å². The van der Waals surface area contributed by atoms with Crippen molar-refractivity contribution >= 4 is 11.6 Å². The normalized spacial score (nSPS) is 11.7. The van der Waals surface area contributed by atoms with Gasteiger partial charge < -0.3 is 0 Å². The van der Waals surface area contributed by atoms with E-state index in [1.165, 1.54) is 0 Å². The van der Waals surface area contributed by atoms with E-state index < -0.39 is 36.2 Å². The zero-order valence-corrected chi connectivity index (χ0v) is 8.80.